The Labute approximate surface area is 191 Å². The van der Waals surface area contributed by atoms with Gasteiger partial charge in [0.1, 0.15) is 22.6 Å². The zero-order chi connectivity index (χ0) is 22.5. The molecule has 2 atom stereocenters. The van der Waals surface area contributed by atoms with Crippen LogP contribution in [0.5, 0.6) is 0 Å². The maximum atomic E-state index is 14.3. The van der Waals surface area contributed by atoms with Gasteiger partial charge in [0.05, 0.1) is 18.5 Å². The van der Waals surface area contributed by atoms with Gasteiger partial charge in [-0.1, -0.05) is 18.2 Å². The lowest BCUT2D eigenvalue weighted by Crippen LogP contribution is -2.56. The van der Waals surface area contributed by atoms with Gasteiger partial charge in [-0.15, -0.1) is 0 Å². The van der Waals surface area contributed by atoms with Crippen molar-refractivity contribution >= 4 is 40.4 Å². The van der Waals surface area contributed by atoms with Crippen molar-refractivity contribution in [2.24, 2.45) is 0 Å². The number of hydrogen-bond donors (Lipinski definition) is 3. The van der Waals surface area contributed by atoms with E-state index < -0.39 is 6.23 Å². The van der Waals surface area contributed by atoms with Crippen LogP contribution in [0.4, 0.5) is 21.7 Å². The van der Waals surface area contributed by atoms with Crippen LogP contribution >= 0.6 is 12.0 Å². The molecule has 4 aromatic rings. The molecule has 2 aliphatic rings. The predicted octanol–water partition coefficient (Wildman–Crippen LogP) is 2.78. The quantitative estimate of drug-likeness (QED) is 0.386. The zero-order valence-electron chi connectivity index (χ0n) is 17.2. The normalized spacial score (nSPS) is 19.4. The number of pyridine rings is 1. The third-order valence-corrected chi connectivity index (χ3v) is 6.50. The van der Waals surface area contributed by atoms with Crippen molar-refractivity contribution in [3.05, 3.63) is 54.0 Å². The maximum Gasteiger partial charge on any atom is 0.184 e. The van der Waals surface area contributed by atoms with E-state index in [0.717, 1.165) is 5.39 Å². The number of benzene rings is 1. The van der Waals surface area contributed by atoms with Gasteiger partial charge in [-0.25, -0.2) is 24.0 Å². The minimum absolute atomic E-state index is 0.206. The van der Waals surface area contributed by atoms with E-state index in [2.05, 4.69) is 20.4 Å². The number of fused-ring (bicyclic) bond motifs is 5. The molecular formula is C21H19FN8O2S. The van der Waals surface area contributed by atoms with Crippen LogP contribution in [0.15, 0.2) is 42.6 Å². The number of nitrogens with zero attached hydrogens (tertiary/aromatic N) is 6. The van der Waals surface area contributed by atoms with E-state index >= 15 is 0 Å². The summed E-state index contributed by atoms with van der Waals surface area (Å²) in [6, 6.07) is 10.2. The lowest BCUT2D eigenvalue weighted by atomic mass is 10.2. The summed E-state index contributed by atoms with van der Waals surface area (Å²) in [5.41, 5.74) is 8.56. The summed E-state index contributed by atoms with van der Waals surface area (Å²) in [4.78, 5) is 15.6. The molecule has 0 saturated carbocycles. The Hall–Kier alpha value is -3.48. The Morgan fingerprint density at radius 2 is 2.12 bits per heavy atom. The monoisotopic (exact) mass is 466 g/mol. The van der Waals surface area contributed by atoms with Gasteiger partial charge >= 0.3 is 0 Å². The molecule has 6 rings (SSSR count). The standard InChI is InChI=1S/C21H19FN8O2S/c22-13-6-2-1-4-11(13)10-30-19-12(5-3-7-24-19)14(28-30)17-25-16(23)15-18(26-17)27-20-21(33-31)29(15)8-9-32-20/h1-7,20-21,31H,8-10H2,(H3,23,25,26,27). The lowest BCUT2D eigenvalue weighted by Gasteiger charge is -2.45. The van der Waals surface area contributed by atoms with Gasteiger partial charge < -0.3 is 25.2 Å². The second-order valence-electron chi connectivity index (χ2n) is 7.73. The SMILES string of the molecule is Nc1nc(-c2nn(Cc3ccccc3F)c3ncccc23)nc2c1N1CCOC(N2)C1SO. The molecule has 10 nitrogen and oxygen atoms in total. The van der Waals surface area contributed by atoms with E-state index in [1.807, 2.05) is 11.0 Å². The Morgan fingerprint density at radius 1 is 1.24 bits per heavy atom. The van der Waals surface area contributed by atoms with E-state index in [1.54, 1.807) is 35.1 Å². The second-order valence-corrected chi connectivity index (χ2v) is 8.42. The Morgan fingerprint density at radius 3 is 2.97 bits per heavy atom. The molecule has 0 spiro atoms. The van der Waals surface area contributed by atoms with E-state index in [9.17, 15) is 8.94 Å². The van der Waals surface area contributed by atoms with Crippen molar-refractivity contribution < 1.29 is 13.7 Å². The average Bonchev–Trinajstić information content (AvgIpc) is 3.18. The lowest BCUT2D eigenvalue weighted by molar-refractivity contribution is 0.0464. The van der Waals surface area contributed by atoms with Crippen molar-refractivity contribution in [3.8, 4) is 11.5 Å². The third-order valence-electron chi connectivity index (χ3n) is 5.78. The van der Waals surface area contributed by atoms with Crippen LogP contribution in [0.2, 0.25) is 0 Å². The highest BCUT2D eigenvalue weighted by molar-refractivity contribution is 7.94. The summed E-state index contributed by atoms with van der Waals surface area (Å²) < 4.78 is 31.4. The molecule has 4 N–H and O–H groups in total. The van der Waals surface area contributed by atoms with Gasteiger partial charge in [-0.2, -0.15) is 5.10 Å². The molecule has 168 valence electrons. The molecule has 1 saturated heterocycles. The van der Waals surface area contributed by atoms with Gasteiger partial charge in [0.25, 0.3) is 0 Å². The second kappa shape index (κ2) is 7.83. The highest BCUT2D eigenvalue weighted by atomic mass is 32.2. The number of hydrogen-bond acceptors (Lipinski definition) is 10. The number of anilines is 3. The highest BCUT2D eigenvalue weighted by Gasteiger charge is 2.41. The van der Waals surface area contributed by atoms with E-state index in [0.29, 0.717) is 59.4 Å². The molecule has 1 aromatic carbocycles. The van der Waals surface area contributed by atoms with E-state index in [4.69, 9.17) is 15.5 Å². The van der Waals surface area contributed by atoms with Crippen molar-refractivity contribution in [2.45, 2.75) is 18.1 Å². The number of nitrogens with one attached hydrogen (secondary N) is 1. The number of morpholine rings is 1. The fourth-order valence-corrected chi connectivity index (χ4v) is 4.87. The number of rotatable bonds is 4. The third kappa shape index (κ3) is 3.25. The predicted molar refractivity (Wildman–Crippen MR) is 123 cm³/mol. The van der Waals surface area contributed by atoms with Crippen molar-refractivity contribution in [1.82, 2.24) is 24.7 Å². The Balaban J connectivity index is 1.47. The molecule has 2 bridgehead atoms. The summed E-state index contributed by atoms with van der Waals surface area (Å²) in [6.07, 6.45) is 1.22. The summed E-state index contributed by atoms with van der Waals surface area (Å²) in [5, 5.41) is 8.26. The van der Waals surface area contributed by atoms with Crippen LogP contribution < -0.4 is 16.0 Å². The summed E-state index contributed by atoms with van der Waals surface area (Å²) in [5.74, 6) is 0.781. The zero-order valence-corrected chi connectivity index (χ0v) is 18.0. The van der Waals surface area contributed by atoms with Crippen molar-refractivity contribution in [1.29, 1.82) is 0 Å². The molecular weight excluding hydrogens is 447 g/mol. The molecule has 33 heavy (non-hydrogen) atoms. The molecule has 0 radical (unpaired) electrons. The minimum Gasteiger partial charge on any atom is -0.382 e. The Bertz CT molecular complexity index is 1370. The molecule has 1 fully saturated rings. The van der Waals surface area contributed by atoms with Crippen LogP contribution in [0, 0.1) is 5.82 Å². The molecule has 2 unspecified atom stereocenters. The summed E-state index contributed by atoms with van der Waals surface area (Å²) in [7, 11) is 0. The summed E-state index contributed by atoms with van der Waals surface area (Å²) >= 11 is 0.691. The highest BCUT2D eigenvalue weighted by Crippen LogP contribution is 2.42. The van der Waals surface area contributed by atoms with Gasteiger partial charge in [-0.3, -0.25) is 0 Å². The van der Waals surface area contributed by atoms with E-state index in [1.165, 1.54) is 6.07 Å². The van der Waals surface area contributed by atoms with Crippen LogP contribution in [0.25, 0.3) is 22.6 Å². The molecule has 5 heterocycles. The van der Waals surface area contributed by atoms with Crippen LogP contribution in [-0.2, 0) is 11.3 Å². The van der Waals surface area contributed by atoms with Gasteiger partial charge in [0.15, 0.2) is 29.3 Å². The van der Waals surface area contributed by atoms with Gasteiger partial charge in [0.2, 0.25) is 0 Å². The molecule has 0 aliphatic carbocycles. The van der Waals surface area contributed by atoms with Crippen LogP contribution in [-0.4, -0.2) is 54.0 Å². The van der Waals surface area contributed by atoms with Gasteiger partial charge in [0, 0.05) is 30.3 Å². The first-order valence-corrected chi connectivity index (χ1v) is 11.2. The number of nitrogens with two attached hydrogens (primary N) is 1. The molecule has 0 amide bonds. The van der Waals surface area contributed by atoms with Gasteiger partial charge in [-0.05, 0) is 18.2 Å². The fraction of sp³-hybridized carbons (Fsp3) is 0.238. The largest absolute Gasteiger partial charge is 0.382 e. The van der Waals surface area contributed by atoms with Crippen molar-refractivity contribution in [2.75, 3.05) is 29.1 Å². The number of ether oxygens (including phenoxy) is 1. The van der Waals surface area contributed by atoms with Crippen LogP contribution in [0.1, 0.15) is 5.56 Å². The van der Waals surface area contributed by atoms with Crippen molar-refractivity contribution in [3.63, 3.8) is 0 Å². The first-order chi connectivity index (χ1) is 16.1. The first kappa shape index (κ1) is 20.1. The topological polar surface area (TPSA) is 127 Å². The maximum absolute atomic E-state index is 14.3. The molecule has 12 heteroatoms. The number of halogens is 1. The first-order valence-electron chi connectivity index (χ1n) is 10.3. The minimum atomic E-state index is -0.444. The molecule has 2 aliphatic heterocycles. The fourth-order valence-electron chi connectivity index (χ4n) is 4.28. The smallest absolute Gasteiger partial charge is 0.184 e. The van der Waals surface area contributed by atoms with Crippen LogP contribution in [0.3, 0.4) is 0 Å². The summed E-state index contributed by atoms with van der Waals surface area (Å²) in [6.45, 7) is 1.25. The average molecular weight is 467 g/mol. The molecule has 3 aromatic heterocycles. The number of nitrogen functional groups attached to an aromatic ring is 1. The Kier molecular flexibility index (Phi) is 4.78. The van der Waals surface area contributed by atoms with E-state index in [-0.39, 0.29) is 23.6 Å². The number of aromatic nitrogens is 5.